The van der Waals surface area contributed by atoms with Crippen LogP contribution in [0.25, 0.3) is 0 Å². The lowest BCUT2D eigenvalue weighted by atomic mass is 9.95. The number of ether oxygens (including phenoxy) is 1. The minimum atomic E-state index is -0.101. The number of hydrogen-bond acceptors (Lipinski definition) is 4. The summed E-state index contributed by atoms with van der Waals surface area (Å²) in [6.45, 7) is 7.79. The molecule has 1 aliphatic heterocycles. The molecule has 1 aromatic rings. The van der Waals surface area contributed by atoms with Crippen molar-refractivity contribution < 1.29 is 4.74 Å². The second-order valence-electron chi connectivity index (χ2n) is 5.74. The van der Waals surface area contributed by atoms with Gasteiger partial charge in [0.15, 0.2) is 0 Å². The zero-order chi connectivity index (χ0) is 12.6. The van der Waals surface area contributed by atoms with Crippen molar-refractivity contribution in [2.45, 2.75) is 44.9 Å². The fraction of sp³-hybridized carbons (Fsp3) is 0.750. The summed E-state index contributed by atoms with van der Waals surface area (Å²) in [5.41, 5.74) is 6.85. The van der Waals surface area contributed by atoms with Crippen LogP contribution < -0.4 is 11.6 Å². The van der Waals surface area contributed by atoms with Gasteiger partial charge in [0.05, 0.1) is 12.3 Å². The second kappa shape index (κ2) is 4.22. The van der Waals surface area contributed by atoms with Gasteiger partial charge in [-0.25, -0.2) is 9.66 Å². The summed E-state index contributed by atoms with van der Waals surface area (Å²) in [6, 6.07) is 0. The summed E-state index contributed by atoms with van der Waals surface area (Å²) in [4.78, 5) is 4.64. The van der Waals surface area contributed by atoms with E-state index in [-0.39, 0.29) is 11.3 Å². The van der Waals surface area contributed by atoms with Gasteiger partial charge in [-0.15, -0.1) is 0 Å². The Morgan fingerprint density at radius 1 is 1.41 bits per heavy atom. The van der Waals surface area contributed by atoms with Crippen LogP contribution in [0.2, 0.25) is 0 Å². The van der Waals surface area contributed by atoms with Gasteiger partial charge in [-0.05, 0) is 12.8 Å². The van der Waals surface area contributed by atoms with Gasteiger partial charge < -0.3 is 16.3 Å². The Hall–Kier alpha value is -1.23. The molecule has 0 aromatic carbocycles. The Morgan fingerprint density at radius 2 is 2.12 bits per heavy atom. The SMILES string of the molecule is CC(C)(C)c1nc(C2CCCOC2)c(N)n1N. The van der Waals surface area contributed by atoms with Crippen molar-refractivity contribution in [3.05, 3.63) is 11.5 Å². The summed E-state index contributed by atoms with van der Waals surface area (Å²) in [7, 11) is 0. The average Bonchev–Trinajstić information content (AvgIpc) is 2.57. The first-order chi connectivity index (χ1) is 7.91. The molecule has 5 heteroatoms. The van der Waals surface area contributed by atoms with Crippen LogP contribution in [0.4, 0.5) is 5.82 Å². The lowest BCUT2D eigenvalue weighted by molar-refractivity contribution is 0.0795. The Kier molecular flexibility index (Phi) is 3.03. The minimum absolute atomic E-state index is 0.101. The number of nitrogen functional groups attached to an aromatic ring is 2. The molecule has 4 N–H and O–H groups in total. The fourth-order valence-corrected chi connectivity index (χ4v) is 2.25. The van der Waals surface area contributed by atoms with Crippen LogP contribution in [-0.2, 0) is 10.2 Å². The van der Waals surface area contributed by atoms with Crippen molar-refractivity contribution in [1.29, 1.82) is 0 Å². The third-order valence-corrected chi connectivity index (χ3v) is 3.19. The second-order valence-corrected chi connectivity index (χ2v) is 5.74. The van der Waals surface area contributed by atoms with Crippen LogP contribution >= 0.6 is 0 Å². The Morgan fingerprint density at radius 3 is 2.59 bits per heavy atom. The maximum atomic E-state index is 6.05. The van der Waals surface area contributed by atoms with Crippen molar-refractivity contribution in [3.63, 3.8) is 0 Å². The van der Waals surface area contributed by atoms with Gasteiger partial charge in [-0.1, -0.05) is 20.8 Å². The highest BCUT2D eigenvalue weighted by Gasteiger charge is 2.28. The highest BCUT2D eigenvalue weighted by atomic mass is 16.5. The van der Waals surface area contributed by atoms with E-state index in [0.717, 1.165) is 31.0 Å². The van der Waals surface area contributed by atoms with Crippen LogP contribution in [0.15, 0.2) is 0 Å². The van der Waals surface area contributed by atoms with E-state index in [0.29, 0.717) is 12.4 Å². The standard InChI is InChI=1S/C12H22N4O/c1-12(2,3)11-15-9(10(13)16(11)14)8-5-4-6-17-7-8/h8H,4-7,13-14H2,1-3H3. The summed E-state index contributed by atoms with van der Waals surface area (Å²) >= 11 is 0. The molecule has 1 fully saturated rings. The minimum Gasteiger partial charge on any atom is -0.382 e. The van der Waals surface area contributed by atoms with E-state index in [4.69, 9.17) is 16.3 Å². The van der Waals surface area contributed by atoms with Crippen LogP contribution in [0, 0.1) is 0 Å². The summed E-state index contributed by atoms with van der Waals surface area (Å²) in [6.07, 6.45) is 2.14. The number of hydrogen-bond donors (Lipinski definition) is 2. The highest BCUT2D eigenvalue weighted by Crippen LogP contribution is 2.31. The van der Waals surface area contributed by atoms with Gasteiger partial charge in [-0.3, -0.25) is 0 Å². The molecule has 2 rings (SSSR count). The zero-order valence-electron chi connectivity index (χ0n) is 10.9. The smallest absolute Gasteiger partial charge is 0.146 e. The zero-order valence-corrected chi connectivity index (χ0v) is 10.9. The molecule has 0 radical (unpaired) electrons. The maximum absolute atomic E-state index is 6.05. The van der Waals surface area contributed by atoms with Gasteiger partial charge >= 0.3 is 0 Å². The first-order valence-corrected chi connectivity index (χ1v) is 6.12. The van der Waals surface area contributed by atoms with Crippen LogP contribution in [0.3, 0.4) is 0 Å². The summed E-state index contributed by atoms with van der Waals surface area (Å²) in [5, 5.41) is 0. The summed E-state index contributed by atoms with van der Waals surface area (Å²) in [5.74, 6) is 7.67. The lowest BCUT2D eigenvalue weighted by Crippen LogP contribution is -2.24. The first-order valence-electron chi connectivity index (χ1n) is 6.12. The van der Waals surface area contributed by atoms with Gasteiger partial charge in [-0.2, -0.15) is 0 Å². The van der Waals surface area contributed by atoms with E-state index in [2.05, 4.69) is 25.8 Å². The van der Waals surface area contributed by atoms with E-state index in [1.165, 1.54) is 4.68 Å². The molecule has 17 heavy (non-hydrogen) atoms. The van der Waals surface area contributed by atoms with Gasteiger partial charge in [0.2, 0.25) is 0 Å². The first kappa shape index (κ1) is 12.2. The number of rotatable bonds is 1. The lowest BCUT2D eigenvalue weighted by Gasteiger charge is -2.20. The molecular formula is C12H22N4O. The molecule has 1 aliphatic rings. The molecule has 1 aromatic heterocycles. The molecular weight excluding hydrogens is 216 g/mol. The molecule has 2 heterocycles. The summed E-state index contributed by atoms with van der Waals surface area (Å²) < 4.78 is 7.00. The maximum Gasteiger partial charge on any atom is 0.146 e. The number of imidazole rings is 1. The highest BCUT2D eigenvalue weighted by molar-refractivity contribution is 5.42. The van der Waals surface area contributed by atoms with E-state index in [1.54, 1.807) is 0 Å². The molecule has 0 amide bonds. The topological polar surface area (TPSA) is 79.1 Å². The molecule has 1 atom stereocenters. The molecule has 1 saturated heterocycles. The van der Waals surface area contributed by atoms with Gasteiger partial charge in [0.1, 0.15) is 11.6 Å². The third-order valence-electron chi connectivity index (χ3n) is 3.19. The third kappa shape index (κ3) is 2.24. The normalized spacial score (nSPS) is 21.7. The van der Waals surface area contributed by atoms with Gasteiger partial charge in [0, 0.05) is 17.9 Å². The Balaban J connectivity index is 2.35. The quantitative estimate of drug-likeness (QED) is 0.724. The van der Waals surface area contributed by atoms with Crippen molar-refractivity contribution in [1.82, 2.24) is 9.66 Å². The van der Waals surface area contributed by atoms with Crippen LogP contribution in [0.5, 0.6) is 0 Å². The van der Waals surface area contributed by atoms with Crippen molar-refractivity contribution >= 4 is 5.82 Å². The van der Waals surface area contributed by atoms with Crippen LogP contribution in [-0.4, -0.2) is 22.9 Å². The van der Waals surface area contributed by atoms with Crippen LogP contribution in [0.1, 0.15) is 51.0 Å². The monoisotopic (exact) mass is 238 g/mol. The number of aromatic nitrogens is 2. The number of nitrogens with two attached hydrogens (primary N) is 2. The Bertz CT molecular complexity index is 399. The molecule has 0 aliphatic carbocycles. The number of anilines is 1. The number of nitrogens with zero attached hydrogens (tertiary/aromatic N) is 2. The largest absolute Gasteiger partial charge is 0.382 e. The molecule has 1 unspecified atom stereocenters. The molecule has 96 valence electrons. The van der Waals surface area contributed by atoms with E-state index >= 15 is 0 Å². The molecule has 0 spiro atoms. The van der Waals surface area contributed by atoms with E-state index < -0.39 is 0 Å². The predicted molar refractivity (Wildman–Crippen MR) is 68.3 cm³/mol. The molecule has 0 saturated carbocycles. The van der Waals surface area contributed by atoms with E-state index in [1.807, 2.05) is 0 Å². The van der Waals surface area contributed by atoms with E-state index in [9.17, 15) is 0 Å². The molecule has 5 nitrogen and oxygen atoms in total. The van der Waals surface area contributed by atoms with Crippen molar-refractivity contribution in [2.24, 2.45) is 0 Å². The van der Waals surface area contributed by atoms with Crippen molar-refractivity contribution in [2.75, 3.05) is 24.8 Å². The fourth-order valence-electron chi connectivity index (χ4n) is 2.25. The van der Waals surface area contributed by atoms with Gasteiger partial charge in [0.25, 0.3) is 0 Å². The molecule has 0 bridgehead atoms. The van der Waals surface area contributed by atoms with Crippen molar-refractivity contribution in [3.8, 4) is 0 Å². The average molecular weight is 238 g/mol. The predicted octanol–water partition coefficient (Wildman–Crippen LogP) is 1.37. The Labute approximate surface area is 102 Å².